The standard InChI is InChI=1S/C21H24N2O4/c1-13(24)22-10-14-4-17(12-22)20-7-16(8-21(25)23(20)11-14)15-5-18(26-2)9-19(6-15)27-3/h5-9,14,17H,4,10-12H2,1-3H3/t14-,17+/m0/s1. The molecule has 1 amide bonds. The summed E-state index contributed by atoms with van der Waals surface area (Å²) in [5.74, 6) is 2.02. The number of nitrogens with zero attached hydrogens (tertiary/aromatic N) is 2. The first-order chi connectivity index (χ1) is 13.0. The van der Waals surface area contributed by atoms with Gasteiger partial charge >= 0.3 is 0 Å². The van der Waals surface area contributed by atoms with E-state index in [1.165, 1.54) is 0 Å². The second-order valence-corrected chi connectivity index (χ2v) is 7.44. The maximum Gasteiger partial charge on any atom is 0.251 e. The fourth-order valence-electron chi connectivity index (χ4n) is 4.36. The topological polar surface area (TPSA) is 60.8 Å². The van der Waals surface area contributed by atoms with Crippen molar-refractivity contribution in [3.63, 3.8) is 0 Å². The number of aromatic nitrogens is 1. The molecule has 0 spiro atoms. The smallest absolute Gasteiger partial charge is 0.251 e. The summed E-state index contributed by atoms with van der Waals surface area (Å²) in [5, 5.41) is 0. The van der Waals surface area contributed by atoms with Crippen LogP contribution in [0, 0.1) is 5.92 Å². The van der Waals surface area contributed by atoms with Crippen LogP contribution in [0.1, 0.15) is 25.0 Å². The molecule has 2 atom stereocenters. The van der Waals surface area contributed by atoms with E-state index in [4.69, 9.17) is 9.47 Å². The highest BCUT2D eigenvalue weighted by atomic mass is 16.5. The highest BCUT2D eigenvalue weighted by Gasteiger charge is 2.35. The van der Waals surface area contributed by atoms with E-state index in [2.05, 4.69) is 6.07 Å². The molecule has 2 aromatic rings. The molecule has 1 aromatic heterocycles. The Morgan fingerprint density at radius 3 is 2.26 bits per heavy atom. The molecule has 2 aliphatic rings. The van der Waals surface area contributed by atoms with Crippen molar-refractivity contribution < 1.29 is 14.3 Å². The van der Waals surface area contributed by atoms with E-state index in [-0.39, 0.29) is 17.4 Å². The minimum atomic E-state index is 0.00950. The van der Waals surface area contributed by atoms with Crippen LogP contribution in [-0.2, 0) is 11.3 Å². The number of ether oxygens (including phenoxy) is 2. The van der Waals surface area contributed by atoms with Gasteiger partial charge in [-0.05, 0) is 41.7 Å². The Kier molecular flexibility index (Phi) is 4.42. The highest BCUT2D eigenvalue weighted by molar-refractivity contribution is 5.73. The molecule has 1 fully saturated rings. The lowest BCUT2D eigenvalue weighted by Crippen LogP contribution is -2.48. The number of amides is 1. The zero-order valence-electron chi connectivity index (χ0n) is 15.9. The molecule has 1 aromatic carbocycles. The van der Waals surface area contributed by atoms with Crippen molar-refractivity contribution in [1.29, 1.82) is 0 Å². The molecule has 27 heavy (non-hydrogen) atoms. The first kappa shape index (κ1) is 17.6. The van der Waals surface area contributed by atoms with Gasteiger partial charge in [0.25, 0.3) is 5.56 Å². The van der Waals surface area contributed by atoms with Crippen LogP contribution in [0.3, 0.4) is 0 Å². The quantitative estimate of drug-likeness (QED) is 0.835. The third-order valence-corrected chi connectivity index (χ3v) is 5.69. The number of carbonyl (C=O) groups is 1. The molecule has 6 nitrogen and oxygen atoms in total. The summed E-state index contributed by atoms with van der Waals surface area (Å²) in [7, 11) is 3.22. The van der Waals surface area contributed by atoms with Crippen LogP contribution in [0.2, 0.25) is 0 Å². The van der Waals surface area contributed by atoms with Crippen molar-refractivity contribution in [1.82, 2.24) is 9.47 Å². The molecule has 6 heteroatoms. The predicted molar refractivity (Wildman–Crippen MR) is 102 cm³/mol. The Morgan fingerprint density at radius 2 is 1.63 bits per heavy atom. The van der Waals surface area contributed by atoms with Crippen LogP contribution in [0.5, 0.6) is 11.5 Å². The fraction of sp³-hybridized carbons (Fsp3) is 0.429. The molecule has 0 aliphatic carbocycles. The molecule has 142 valence electrons. The molecule has 0 saturated carbocycles. The number of rotatable bonds is 3. The minimum Gasteiger partial charge on any atom is -0.497 e. The van der Waals surface area contributed by atoms with E-state index in [1.54, 1.807) is 27.2 Å². The van der Waals surface area contributed by atoms with Gasteiger partial charge in [0.2, 0.25) is 5.91 Å². The molecule has 0 N–H and O–H groups in total. The number of piperidine rings is 1. The van der Waals surface area contributed by atoms with Gasteiger partial charge in [0.05, 0.1) is 14.2 Å². The second kappa shape index (κ2) is 6.76. The van der Waals surface area contributed by atoms with E-state index in [0.717, 1.165) is 29.8 Å². The summed E-state index contributed by atoms with van der Waals surface area (Å²) < 4.78 is 12.6. The van der Waals surface area contributed by atoms with Crippen LogP contribution in [-0.4, -0.2) is 42.7 Å². The average molecular weight is 368 g/mol. The number of hydrogen-bond donors (Lipinski definition) is 0. The van der Waals surface area contributed by atoms with Crippen LogP contribution in [0.15, 0.2) is 35.1 Å². The van der Waals surface area contributed by atoms with Gasteiger partial charge in [-0.1, -0.05) is 0 Å². The largest absolute Gasteiger partial charge is 0.497 e. The van der Waals surface area contributed by atoms with Crippen LogP contribution in [0.25, 0.3) is 11.1 Å². The Balaban J connectivity index is 1.79. The summed E-state index contributed by atoms with van der Waals surface area (Å²) in [6.45, 7) is 3.71. The molecule has 0 radical (unpaired) electrons. The lowest BCUT2D eigenvalue weighted by molar-refractivity contribution is -0.131. The van der Waals surface area contributed by atoms with E-state index in [9.17, 15) is 9.59 Å². The van der Waals surface area contributed by atoms with Crippen LogP contribution in [0.4, 0.5) is 0 Å². The predicted octanol–water partition coefficient (Wildman–Crippen LogP) is 2.50. The number of benzene rings is 1. The van der Waals surface area contributed by atoms with Crippen molar-refractivity contribution >= 4 is 5.91 Å². The van der Waals surface area contributed by atoms with Gasteiger partial charge in [0, 0.05) is 50.3 Å². The molecule has 4 rings (SSSR count). The van der Waals surface area contributed by atoms with Crippen LogP contribution < -0.4 is 15.0 Å². The third kappa shape index (κ3) is 3.20. The first-order valence-corrected chi connectivity index (χ1v) is 9.22. The van der Waals surface area contributed by atoms with Crippen LogP contribution >= 0.6 is 0 Å². The summed E-state index contributed by atoms with van der Waals surface area (Å²) in [5.41, 5.74) is 2.76. The van der Waals surface area contributed by atoms with Gasteiger partial charge in [-0.15, -0.1) is 0 Å². The molecule has 0 unspecified atom stereocenters. The lowest BCUT2D eigenvalue weighted by Gasteiger charge is -2.42. The molecular weight excluding hydrogens is 344 g/mol. The second-order valence-electron chi connectivity index (χ2n) is 7.44. The van der Waals surface area contributed by atoms with Crippen molar-refractivity contribution in [3.05, 3.63) is 46.4 Å². The summed E-state index contributed by atoms with van der Waals surface area (Å²) >= 11 is 0. The summed E-state index contributed by atoms with van der Waals surface area (Å²) in [6, 6.07) is 9.39. The Labute approximate surface area is 158 Å². The summed E-state index contributed by atoms with van der Waals surface area (Å²) in [6.07, 6.45) is 1.02. The average Bonchev–Trinajstić information content (AvgIpc) is 2.67. The molecule has 3 heterocycles. The molecule has 2 bridgehead atoms. The van der Waals surface area contributed by atoms with Gasteiger partial charge in [0.15, 0.2) is 0 Å². The normalized spacial score (nSPS) is 20.8. The van der Waals surface area contributed by atoms with E-state index in [0.29, 0.717) is 30.5 Å². The van der Waals surface area contributed by atoms with Gasteiger partial charge in [0.1, 0.15) is 11.5 Å². The number of likely N-dealkylation sites (tertiary alicyclic amines) is 1. The number of carbonyl (C=O) groups excluding carboxylic acids is 1. The van der Waals surface area contributed by atoms with E-state index >= 15 is 0 Å². The molecule has 2 aliphatic heterocycles. The van der Waals surface area contributed by atoms with Gasteiger partial charge < -0.3 is 18.9 Å². The zero-order chi connectivity index (χ0) is 19.1. The van der Waals surface area contributed by atoms with Crippen molar-refractivity contribution in [2.24, 2.45) is 5.92 Å². The Morgan fingerprint density at radius 1 is 0.963 bits per heavy atom. The first-order valence-electron chi connectivity index (χ1n) is 9.22. The Bertz CT molecular complexity index is 927. The van der Waals surface area contributed by atoms with Gasteiger partial charge in [-0.25, -0.2) is 0 Å². The van der Waals surface area contributed by atoms with Crippen molar-refractivity contribution in [3.8, 4) is 22.6 Å². The van der Waals surface area contributed by atoms with E-state index in [1.807, 2.05) is 27.7 Å². The van der Waals surface area contributed by atoms with E-state index < -0.39 is 0 Å². The van der Waals surface area contributed by atoms with Gasteiger partial charge in [-0.3, -0.25) is 9.59 Å². The van der Waals surface area contributed by atoms with Crippen molar-refractivity contribution in [2.45, 2.75) is 25.8 Å². The maximum absolute atomic E-state index is 12.8. The number of fused-ring (bicyclic) bond motifs is 4. The Hall–Kier alpha value is -2.76. The number of methoxy groups -OCH3 is 2. The minimum absolute atomic E-state index is 0.00950. The summed E-state index contributed by atoms with van der Waals surface area (Å²) in [4.78, 5) is 26.6. The van der Waals surface area contributed by atoms with Crippen molar-refractivity contribution in [2.75, 3.05) is 27.3 Å². The number of hydrogen-bond acceptors (Lipinski definition) is 4. The zero-order valence-corrected chi connectivity index (χ0v) is 15.9. The molecular formula is C21H24N2O4. The highest BCUT2D eigenvalue weighted by Crippen LogP contribution is 2.37. The third-order valence-electron chi connectivity index (χ3n) is 5.69. The number of pyridine rings is 1. The SMILES string of the molecule is COc1cc(OC)cc(-c2cc3n(c(=O)c2)C[C@H]2C[C@@H]3CN(C(C)=O)C2)c1. The fourth-order valence-corrected chi connectivity index (χ4v) is 4.36. The lowest BCUT2D eigenvalue weighted by atomic mass is 9.82. The van der Waals surface area contributed by atoms with Gasteiger partial charge in [-0.2, -0.15) is 0 Å². The monoisotopic (exact) mass is 368 g/mol. The maximum atomic E-state index is 12.8. The molecule has 1 saturated heterocycles.